The van der Waals surface area contributed by atoms with Gasteiger partial charge >= 0.3 is 0 Å². The first kappa shape index (κ1) is 12.3. The molecule has 1 aliphatic rings. The van der Waals surface area contributed by atoms with Crippen LogP contribution < -0.4 is 11.1 Å². The van der Waals surface area contributed by atoms with Gasteiger partial charge in [0.1, 0.15) is 9.71 Å². The van der Waals surface area contributed by atoms with Crippen molar-refractivity contribution in [3.8, 4) is 0 Å². The number of anilines is 1. The Morgan fingerprint density at radius 2 is 2.37 bits per heavy atom. The van der Waals surface area contributed by atoms with E-state index in [1.807, 2.05) is 0 Å². The topological polar surface area (TPSA) is 80.9 Å². The van der Waals surface area contributed by atoms with Crippen LogP contribution in [0.4, 0.5) is 5.69 Å². The molecule has 5 nitrogen and oxygen atoms in total. The molecule has 6 heteroatoms. The highest BCUT2D eigenvalue weighted by atomic mass is 32.1. The number of fused-ring (bicyclic) bond motifs is 1. The van der Waals surface area contributed by atoms with Gasteiger partial charge < -0.3 is 11.1 Å². The van der Waals surface area contributed by atoms with Crippen LogP contribution >= 0.6 is 11.3 Å². The molecule has 1 amide bonds. The average molecular weight is 276 g/mol. The highest BCUT2D eigenvalue weighted by Crippen LogP contribution is 2.39. The van der Waals surface area contributed by atoms with Crippen molar-refractivity contribution in [2.75, 3.05) is 12.3 Å². The molecule has 2 aromatic rings. The fourth-order valence-corrected chi connectivity index (χ4v) is 3.33. The minimum Gasteiger partial charge on any atom is -0.397 e. The van der Waals surface area contributed by atoms with Gasteiger partial charge in [0.15, 0.2) is 0 Å². The number of thiophene rings is 1. The molecule has 3 rings (SSSR count). The van der Waals surface area contributed by atoms with Crippen molar-refractivity contribution in [2.45, 2.75) is 26.2 Å². The number of hydrogen-bond acceptors (Lipinski definition) is 5. The third-order valence-corrected chi connectivity index (χ3v) is 4.97. The number of aromatic nitrogens is 2. The predicted octanol–water partition coefficient (Wildman–Crippen LogP) is 2.19. The molecule has 1 fully saturated rings. The molecular weight excluding hydrogens is 260 g/mol. The molecule has 1 saturated carbocycles. The Morgan fingerprint density at radius 3 is 3.00 bits per heavy atom. The first-order valence-electron chi connectivity index (χ1n) is 6.37. The van der Waals surface area contributed by atoms with Crippen LogP contribution in [0.5, 0.6) is 0 Å². The molecule has 0 atom stereocenters. The van der Waals surface area contributed by atoms with Gasteiger partial charge in [-0.25, -0.2) is 0 Å². The highest BCUT2D eigenvalue weighted by Gasteiger charge is 2.32. The van der Waals surface area contributed by atoms with E-state index in [1.54, 1.807) is 12.3 Å². The summed E-state index contributed by atoms with van der Waals surface area (Å²) >= 11 is 1.30. The summed E-state index contributed by atoms with van der Waals surface area (Å²) in [5.41, 5.74) is 6.78. The zero-order chi connectivity index (χ0) is 13.5. The van der Waals surface area contributed by atoms with E-state index in [2.05, 4.69) is 22.4 Å². The molecule has 0 aliphatic heterocycles. The molecule has 0 saturated heterocycles. The summed E-state index contributed by atoms with van der Waals surface area (Å²) in [4.78, 5) is 13.4. The van der Waals surface area contributed by atoms with Gasteiger partial charge in [-0.2, -0.15) is 5.10 Å². The van der Waals surface area contributed by atoms with Crippen LogP contribution in [0.2, 0.25) is 0 Å². The van der Waals surface area contributed by atoms with Crippen LogP contribution in [0.1, 0.15) is 35.9 Å². The van der Waals surface area contributed by atoms with Crippen LogP contribution in [0, 0.1) is 5.41 Å². The number of nitrogens with two attached hydrogens (primary N) is 1. The summed E-state index contributed by atoms with van der Waals surface area (Å²) in [7, 11) is 0. The smallest absolute Gasteiger partial charge is 0.263 e. The maximum Gasteiger partial charge on any atom is 0.263 e. The third kappa shape index (κ3) is 2.16. The van der Waals surface area contributed by atoms with Gasteiger partial charge in [0.25, 0.3) is 5.91 Å². The number of nitrogens with one attached hydrogen (secondary N) is 1. The number of nitrogens with zero attached hydrogens (tertiary/aromatic N) is 2. The molecule has 0 unspecified atom stereocenters. The van der Waals surface area contributed by atoms with E-state index in [0.29, 0.717) is 21.9 Å². The van der Waals surface area contributed by atoms with Crippen molar-refractivity contribution in [1.29, 1.82) is 0 Å². The molecular formula is C13H16N4OS. The van der Waals surface area contributed by atoms with Crippen LogP contribution in [-0.4, -0.2) is 22.6 Å². The molecule has 100 valence electrons. The summed E-state index contributed by atoms with van der Waals surface area (Å²) in [6, 6.07) is 1.79. The average Bonchev–Trinajstić information content (AvgIpc) is 2.72. The Kier molecular flexibility index (Phi) is 2.89. The summed E-state index contributed by atoms with van der Waals surface area (Å²) < 4.78 is 0. The van der Waals surface area contributed by atoms with Gasteiger partial charge in [0, 0.05) is 11.9 Å². The van der Waals surface area contributed by atoms with Gasteiger partial charge in [-0.05, 0) is 24.3 Å². The lowest BCUT2D eigenvalue weighted by Gasteiger charge is -2.38. The number of nitrogen functional groups attached to an aromatic ring is 1. The monoisotopic (exact) mass is 276 g/mol. The normalized spacial score (nSPS) is 17.1. The Bertz CT molecular complexity index is 633. The number of hydrogen-bond donors (Lipinski definition) is 2. The molecule has 3 N–H and O–H groups in total. The van der Waals surface area contributed by atoms with Crippen LogP contribution in [0.3, 0.4) is 0 Å². The Balaban J connectivity index is 1.79. The largest absolute Gasteiger partial charge is 0.397 e. The molecule has 0 aromatic carbocycles. The summed E-state index contributed by atoms with van der Waals surface area (Å²) in [5, 5.41) is 11.6. The quantitative estimate of drug-likeness (QED) is 0.900. The second-order valence-corrected chi connectivity index (χ2v) is 6.44. The Hall–Kier alpha value is -1.69. The van der Waals surface area contributed by atoms with Crippen molar-refractivity contribution in [3.05, 3.63) is 17.1 Å². The molecule has 0 bridgehead atoms. The van der Waals surface area contributed by atoms with E-state index in [9.17, 15) is 4.79 Å². The Labute approximate surface area is 115 Å². The predicted molar refractivity (Wildman–Crippen MR) is 76.1 cm³/mol. The maximum atomic E-state index is 12.2. The zero-order valence-corrected chi connectivity index (χ0v) is 11.6. The van der Waals surface area contributed by atoms with Crippen molar-refractivity contribution < 1.29 is 4.79 Å². The number of amides is 1. The summed E-state index contributed by atoms with van der Waals surface area (Å²) in [5.74, 6) is -0.103. The lowest BCUT2D eigenvalue weighted by atomic mass is 9.70. The van der Waals surface area contributed by atoms with Crippen LogP contribution in [-0.2, 0) is 0 Å². The van der Waals surface area contributed by atoms with Crippen molar-refractivity contribution in [3.63, 3.8) is 0 Å². The van der Waals surface area contributed by atoms with E-state index in [0.717, 1.165) is 5.39 Å². The van der Waals surface area contributed by atoms with Crippen LogP contribution in [0.15, 0.2) is 12.3 Å². The van der Waals surface area contributed by atoms with Crippen molar-refractivity contribution >= 4 is 33.1 Å². The van der Waals surface area contributed by atoms with Crippen molar-refractivity contribution in [1.82, 2.24) is 15.5 Å². The van der Waals surface area contributed by atoms with E-state index in [4.69, 9.17) is 5.73 Å². The van der Waals surface area contributed by atoms with E-state index >= 15 is 0 Å². The maximum absolute atomic E-state index is 12.2. The lowest BCUT2D eigenvalue weighted by Crippen LogP contribution is -2.39. The first-order chi connectivity index (χ1) is 9.09. The number of carbonyl (C=O) groups excluding carboxylic acids is 1. The highest BCUT2D eigenvalue weighted by molar-refractivity contribution is 7.21. The van der Waals surface area contributed by atoms with Gasteiger partial charge in [0.05, 0.1) is 11.9 Å². The second kappa shape index (κ2) is 4.45. The first-order valence-corrected chi connectivity index (χ1v) is 7.19. The number of carbonyl (C=O) groups is 1. The SMILES string of the molecule is CC1(CNC(=O)c2sc3nnccc3c2N)CCC1. The lowest BCUT2D eigenvalue weighted by molar-refractivity contribution is 0.0895. The fourth-order valence-electron chi connectivity index (χ4n) is 2.37. The molecule has 1 aliphatic carbocycles. The number of rotatable bonds is 3. The zero-order valence-electron chi connectivity index (χ0n) is 10.8. The van der Waals surface area contributed by atoms with Crippen LogP contribution in [0.25, 0.3) is 10.2 Å². The van der Waals surface area contributed by atoms with Gasteiger partial charge in [0.2, 0.25) is 0 Å². The summed E-state index contributed by atoms with van der Waals surface area (Å²) in [6.45, 7) is 2.92. The fraction of sp³-hybridized carbons (Fsp3) is 0.462. The molecule has 2 aromatic heterocycles. The molecule has 2 heterocycles. The molecule has 0 radical (unpaired) electrons. The molecule has 19 heavy (non-hydrogen) atoms. The van der Waals surface area contributed by atoms with Gasteiger partial charge in [-0.1, -0.05) is 13.3 Å². The Morgan fingerprint density at radius 1 is 1.58 bits per heavy atom. The molecule has 0 spiro atoms. The van der Waals surface area contributed by atoms with Gasteiger partial charge in [-0.3, -0.25) is 4.79 Å². The minimum atomic E-state index is -0.103. The van der Waals surface area contributed by atoms with E-state index < -0.39 is 0 Å². The van der Waals surface area contributed by atoms with Crippen molar-refractivity contribution in [2.24, 2.45) is 5.41 Å². The van der Waals surface area contributed by atoms with Gasteiger partial charge in [-0.15, -0.1) is 16.4 Å². The standard InChI is InChI=1S/C13H16N4OS/c1-13(4-2-5-13)7-15-11(18)10-9(14)8-3-6-16-17-12(8)19-10/h3,6H,2,4-5,7,14H2,1H3,(H,15,18). The minimum absolute atomic E-state index is 0.103. The van der Waals surface area contributed by atoms with E-state index in [1.165, 1.54) is 30.6 Å². The van der Waals surface area contributed by atoms with E-state index in [-0.39, 0.29) is 11.3 Å². The summed E-state index contributed by atoms with van der Waals surface area (Å²) in [6.07, 6.45) is 5.21. The second-order valence-electron chi connectivity index (χ2n) is 5.44. The third-order valence-electron chi connectivity index (χ3n) is 3.86.